The first-order valence-corrected chi connectivity index (χ1v) is 12.0. The van der Waals surface area contributed by atoms with Gasteiger partial charge in [-0.25, -0.2) is 0 Å². The summed E-state index contributed by atoms with van der Waals surface area (Å²) in [5.41, 5.74) is 3.74. The van der Waals surface area contributed by atoms with Gasteiger partial charge in [0.1, 0.15) is 18.4 Å². The summed E-state index contributed by atoms with van der Waals surface area (Å²) in [5.74, 6) is 0.282. The fourth-order valence-electron chi connectivity index (χ4n) is 5.81. The van der Waals surface area contributed by atoms with E-state index in [1.54, 1.807) is 12.1 Å². The average molecular weight is 470 g/mol. The van der Waals surface area contributed by atoms with Gasteiger partial charge in [0.15, 0.2) is 0 Å². The number of carbonyl (C=O) groups is 1. The molecule has 0 unspecified atom stereocenters. The maximum absolute atomic E-state index is 12.6. The second-order valence-electron chi connectivity index (χ2n) is 9.62. The number of piperidine rings is 1. The van der Waals surface area contributed by atoms with Gasteiger partial charge in [-0.3, -0.25) is 14.5 Å². The highest BCUT2D eigenvalue weighted by Crippen LogP contribution is 2.40. The first-order valence-electron chi connectivity index (χ1n) is 12.0. The SMILES string of the molecule is O=C(O)[C@H](c1c[nH]c2cc(OCc3ccccc3)ccc12)N1C[C@@H]2C[C@@H](C1)c1cccc(=O)n1C2. The monoisotopic (exact) mass is 469 g/mol. The van der Waals surface area contributed by atoms with Crippen LogP contribution in [0.15, 0.2) is 77.7 Å². The Hall–Kier alpha value is -3.84. The number of hydrogen-bond acceptors (Lipinski definition) is 4. The van der Waals surface area contributed by atoms with Gasteiger partial charge in [-0.1, -0.05) is 36.4 Å². The van der Waals surface area contributed by atoms with Gasteiger partial charge in [-0.05, 0) is 36.1 Å². The number of ether oxygens (including phenoxy) is 1. The summed E-state index contributed by atoms with van der Waals surface area (Å²) in [4.78, 5) is 30.2. The molecule has 4 aromatic rings. The quantitative estimate of drug-likeness (QED) is 0.443. The van der Waals surface area contributed by atoms with Crippen LogP contribution in [0.2, 0.25) is 0 Å². The van der Waals surface area contributed by atoms with Crippen LogP contribution in [-0.4, -0.2) is 38.6 Å². The Kier molecular flexibility index (Phi) is 5.41. The lowest BCUT2D eigenvalue weighted by Gasteiger charge is -2.44. The number of aromatic nitrogens is 2. The Morgan fingerprint density at radius 3 is 2.74 bits per heavy atom. The van der Waals surface area contributed by atoms with E-state index in [2.05, 4.69) is 9.88 Å². The minimum Gasteiger partial charge on any atom is -0.489 e. The van der Waals surface area contributed by atoms with Crippen LogP contribution in [0.25, 0.3) is 10.9 Å². The number of fused-ring (bicyclic) bond motifs is 5. The number of rotatable bonds is 6. The molecule has 2 N–H and O–H groups in total. The summed E-state index contributed by atoms with van der Waals surface area (Å²) in [7, 11) is 0. The van der Waals surface area contributed by atoms with E-state index in [0.717, 1.165) is 39.9 Å². The average Bonchev–Trinajstić information content (AvgIpc) is 3.27. The zero-order valence-electron chi connectivity index (χ0n) is 19.3. The van der Waals surface area contributed by atoms with Crippen LogP contribution in [0.3, 0.4) is 0 Å². The molecular formula is C28H27N3O4. The Morgan fingerprint density at radius 1 is 1.06 bits per heavy atom. The third kappa shape index (κ3) is 4.02. The van der Waals surface area contributed by atoms with Crippen LogP contribution in [0, 0.1) is 5.92 Å². The molecule has 178 valence electrons. The normalized spacial score (nSPS) is 20.3. The first kappa shape index (κ1) is 21.7. The minimum absolute atomic E-state index is 0.0300. The number of carboxylic acids is 1. The van der Waals surface area contributed by atoms with Gasteiger partial charge in [-0.15, -0.1) is 0 Å². The van der Waals surface area contributed by atoms with Crippen molar-refractivity contribution >= 4 is 16.9 Å². The van der Waals surface area contributed by atoms with Crippen LogP contribution in [0.5, 0.6) is 5.75 Å². The summed E-state index contributed by atoms with van der Waals surface area (Å²) >= 11 is 0. The van der Waals surface area contributed by atoms with Crippen LogP contribution < -0.4 is 10.3 Å². The lowest BCUT2D eigenvalue weighted by Crippen LogP contribution is -2.49. The van der Waals surface area contributed by atoms with Gasteiger partial charge < -0.3 is 19.4 Å². The Bertz CT molecular complexity index is 1440. The predicted molar refractivity (Wildman–Crippen MR) is 133 cm³/mol. The molecule has 6 rings (SSSR count). The molecule has 2 aromatic carbocycles. The highest BCUT2D eigenvalue weighted by molar-refractivity contribution is 5.90. The van der Waals surface area contributed by atoms with E-state index in [1.165, 1.54) is 0 Å². The third-order valence-electron chi connectivity index (χ3n) is 7.34. The minimum atomic E-state index is -0.860. The van der Waals surface area contributed by atoms with Crippen molar-refractivity contribution in [2.75, 3.05) is 13.1 Å². The van der Waals surface area contributed by atoms with Crippen LogP contribution in [-0.2, 0) is 17.9 Å². The molecule has 4 heterocycles. The number of nitrogens with zero attached hydrogens (tertiary/aromatic N) is 2. The number of likely N-dealkylation sites (tertiary alicyclic amines) is 1. The molecule has 3 atom stereocenters. The van der Waals surface area contributed by atoms with E-state index in [4.69, 9.17) is 4.74 Å². The number of pyridine rings is 1. The topological polar surface area (TPSA) is 87.6 Å². The molecule has 7 heteroatoms. The van der Waals surface area contributed by atoms with E-state index in [1.807, 2.05) is 65.4 Å². The number of carboxylic acid groups (broad SMARTS) is 1. The Morgan fingerprint density at radius 2 is 1.91 bits per heavy atom. The fourth-order valence-corrected chi connectivity index (χ4v) is 5.81. The molecule has 1 saturated heterocycles. The van der Waals surface area contributed by atoms with Gasteiger partial charge in [-0.2, -0.15) is 0 Å². The van der Waals surface area contributed by atoms with Crippen molar-refractivity contribution in [1.29, 1.82) is 0 Å². The van der Waals surface area contributed by atoms with Gasteiger partial charge >= 0.3 is 5.97 Å². The number of aliphatic carboxylic acids is 1. The summed E-state index contributed by atoms with van der Waals surface area (Å²) in [5, 5.41) is 11.2. The van der Waals surface area contributed by atoms with Crippen LogP contribution in [0.4, 0.5) is 0 Å². The molecule has 2 aliphatic rings. The molecule has 2 bridgehead atoms. The van der Waals surface area contributed by atoms with Crippen molar-refractivity contribution in [1.82, 2.24) is 14.5 Å². The first-order chi connectivity index (χ1) is 17.1. The van der Waals surface area contributed by atoms with E-state index < -0.39 is 12.0 Å². The van der Waals surface area contributed by atoms with Crippen molar-refractivity contribution < 1.29 is 14.6 Å². The summed E-state index contributed by atoms with van der Waals surface area (Å²) in [6.45, 7) is 2.38. The van der Waals surface area contributed by atoms with Crippen molar-refractivity contribution in [2.24, 2.45) is 5.92 Å². The third-order valence-corrected chi connectivity index (χ3v) is 7.34. The molecule has 7 nitrogen and oxygen atoms in total. The summed E-state index contributed by atoms with van der Waals surface area (Å²) < 4.78 is 7.82. The molecule has 2 aromatic heterocycles. The fraction of sp³-hybridized carbons (Fsp3) is 0.286. The molecule has 0 radical (unpaired) electrons. The smallest absolute Gasteiger partial charge is 0.325 e. The highest BCUT2D eigenvalue weighted by atomic mass is 16.5. The van der Waals surface area contributed by atoms with E-state index >= 15 is 0 Å². The number of H-pyrrole nitrogens is 1. The van der Waals surface area contributed by atoms with E-state index in [-0.39, 0.29) is 17.4 Å². The Balaban J connectivity index is 1.27. The molecule has 0 aliphatic carbocycles. The van der Waals surface area contributed by atoms with E-state index in [9.17, 15) is 14.7 Å². The second kappa shape index (κ2) is 8.74. The molecular weight excluding hydrogens is 442 g/mol. The number of nitrogens with one attached hydrogen (secondary N) is 1. The largest absolute Gasteiger partial charge is 0.489 e. The molecule has 2 aliphatic heterocycles. The molecule has 0 amide bonds. The number of benzene rings is 2. The van der Waals surface area contributed by atoms with Gasteiger partial charge in [0.05, 0.1) is 0 Å². The maximum atomic E-state index is 12.6. The van der Waals surface area contributed by atoms with Crippen molar-refractivity contribution in [3.05, 3.63) is 100 Å². The van der Waals surface area contributed by atoms with Gasteiger partial charge in [0, 0.05) is 66.0 Å². The van der Waals surface area contributed by atoms with Crippen molar-refractivity contribution in [2.45, 2.75) is 31.5 Å². The van der Waals surface area contributed by atoms with E-state index in [0.29, 0.717) is 26.2 Å². The summed E-state index contributed by atoms with van der Waals surface area (Å²) in [6.07, 6.45) is 2.80. The van der Waals surface area contributed by atoms with Gasteiger partial charge in [0.25, 0.3) is 5.56 Å². The second-order valence-corrected chi connectivity index (χ2v) is 9.62. The zero-order chi connectivity index (χ0) is 23.9. The maximum Gasteiger partial charge on any atom is 0.325 e. The van der Waals surface area contributed by atoms with Crippen molar-refractivity contribution in [3.63, 3.8) is 0 Å². The van der Waals surface area contributed by atoms with Crippen LogP contribution >= 0.6 is 0 Å². The predicted octanol–water partition coefficient (Wildman–Crippen LogP) is 4.15. The van der Waals surface area contributed by atoms with Gasteiger partial charge in [0.2, 0.25) is 0 Å². The molecule has 0 spiro atoms. The lowest BCUT2D eigenvalue weighted by molar-refractivity contribution is -0.144. The van der Waals surface area contributed by atoms with Crippen molar-refractivity contribution in [3.8, 4) is 5.75 Å². The molecule has 0 saturated carbocycles. The van der Waals surface area contributed by atoms with Crippen LogP contribution in [0.1, 0.15) is 35.2 Å². The molecule has 1 fully saturated rings. The highest BCUT2D eigenvalue weighted by Gasteiger charge is 2.40. The zero-order valence-corrected chi connectivity index (χ0v) is 19.3. The number of hydrogen-bond donors (Lipinski definition) is 2. The standard InChI is InChI=1S/C28H27N3O4/c32-26-8-4-7-25-20-11-19(15-31(25)26)14-30(16-20)27(28(33)34)23-13-29-24-12-21(9-10-22(23)24)35-17-18-5-2-1-3-6-18/h1-10,12-13,19-20,27,29H,11,14-17H2,(H,33,34)/t19-,20-,27-/m0/s1. The Labute approximate surface area is 202 Å². The summed E-state index contributed by atoms with van der Waals surface area (Å²) in [6, 6.07) is 20.4. The molecule has 35 heavy (non-hydrogen) atoms. The number of aromatic amines is 1. The lowest BCUT2D eigenvalue weighted by atomic mass is 9.82.